The second-order valence-electron chi connectivity index (χ2n) is 1.69. The van der Waals surface area contributed by atoms with E-state index in [4.69, 9.17) is 15.5 Å². The van der Waals surface area contributed by atoms with Crippen LogP contribution in [0.4, 0.5) is 0 Å². The van der Waals surface area contributed by atoms with E-state index in [0.717, 1.165) is 0 Å². The number of hydrogen-bond acceptors (Lipinski definition) is 5. The van der Waals surface area contributed by atoms with Gasteiger partial charge >= 0.3 is 0 Å². The second-order valence-corrected chi connectivity index (χ2v) is 1.69. The van der Waals surface area contributed by atoms with Crippen LogP contribution in [0, 0.1) is 0 Å². The molecule has 0 saturated carbocycles. The molecule has 0 atom stereocenters. The average Bonchev–Trinajstić information content (AvgIpc) is 2.03. The zero-order valence-electron chi connectivity index (χ0n) is 6.94. The predicted octanol–water partition coefficient (Wildman–Crippen LogP) is 0.685. The largest absolute Gasteiger partial charge is 0.411 e. The first kappa shape index (κ1) is 12.6. The summed E-state index contributed by atoms with van der Waals surface area (Å²) in [5.41, 5.74) is 0.625. The van der Waals surface area contributed by atoms with Crippen molar-refractivity contribution >= 4 is 11.4 Å². The SMILES string of the molecule is CC(=N\O)/C(C)=N/O.CCO. The average molecular weight is 162 g/mol. The molecule has 0 aliphatic heterocycles. The smallest absolute Gasteiger partial charge is 0.101 e. The minimum Gasteiger partial charge on any atom is -0.411 e. The number of nitrogens with zero attached hydrogens (tertiary/aromatic N) is 2. The van der Waals surface area contributed by atoms with E-state index in [0.29, 0.717) is 11.4 Å². The minimum atomic E-state index is 0.250. The molecule has 0 saturated heterocycles. The topological polar surface area (TPSA) is 85.4 Å². The Bertz CT molecular complexity index is 127. The van der Waals surface area contributed by atoms with Gasteiger partial charge in [0, 0.05) is 6.61 Å². The van der Waals surface area contributed by atoms with E-state index in [-0.39, 0.29) is 6.61 Å². The van der Waals surface area contributed by atoms with Crippen molar-refractivity contribution in [2.24, 2.45) is 10.3 Å². The van der Waals surface area contributed by atoms with Gasteiger partial charge in [0.1, 0.15) is 11.4 Å². The van der Waals surface area contributed by atoms with Crippen molar-refractivity contribution in [2.75, 3.05) is 6.61 Å². The summed E-state index contributed by atoms with van der Waals surface area (Å²) < 4.78 is 0. The highest BCUT2D eigenvalue weighted by molar-refractivity contribution is 6.40. The summed E-state index contributed by atoms with van der Waals surface area (Å²) in [4.78, 5) is 0. The number of oxime groups is 2. The lowest BCUT2D eigenvalue weighted by molar-refractivity contribution is 0.313. The molecule has 11 heavy (non-hydrogen) atoms. The summed E-state index contributed by atoms with van der Waals surface area (Å²) in [6.45, 7) is 5.00. The van der Waals surface area contributed by atoms with Crippen molar-refractivity contribution in [1.29, 1.82) is 0 Å². The van der Waals surface area contributed by atoms with Gasteiger partial charge in [-0.3, -0.25) is 0 Å². The van der Waals surface area contributed by atoms with Crippen LogP contribution in [0.5, 0.6) is 0 Å². The van der Waals surface area contributed by atoms with Gasteiger partial charge < -0.3 is 15.5 Å². The van der Waals surface area contributed by atoms with Gasteiger partial charge in [-0.05, 0) is 20.8 Å². The molecule has 0 aromatic carbocycles. The monoisotopic (exact) mass is 162 g/mol. The fourth-order valence-corrected chi connectivity index (χ4v) is 0.145. The zero-order valence-corrected chi connectivity index (χ0v) is 6.94. The van der Waals surface area contributed by atoms with Crippen molar-refractivity contribution < 1.29 is 15.5 Å². The molecule has 0 spiro atoms. The van der Waals surface area contributed by atoms with Crippen LogP contribution >= 0.6 is 0 Å². The molecule has 3 N–H and O–H groups in total. The number of aliphatic hydroxyl groups excluding tert-OH is 1. The molecule has 0 aromatic rings. The van der Waals surface area contributed by atoms with Gasteiger partial charge in [-0.1, -0.05) is 10.3 Å². The Kier molecular flexibility index (Phi) is 10.2. The first-order valence-electron chi connectivity index (χ1n) is 3.12. The normalized spacial score (nSPS) is 12.0. The lowest BCUT2D eigenvalue weighted by Crippen LogP contribution is -2.04. The maximum Gasteiger partial charge on any atom is 0.101 e. The summed E-state index contributed by atoms with van der Waals surface area (Å²) in [7, 11) is 0. The molecule has 0 fully saturated rings. The number of hydrogen-bond donors (Lipinski definition) is 3. The van der Waals surface area contributed by atoms with Gasteiger partial charge in [0.2, 0.25) is 0 Å². The summed E-state index contributed by atoms with van der Waals surface area (Å²) in [5, 5.41) is 29.2. The zero-order chi connectivity index (χ0) is 9.28. The maximum atomic E-state index is 8.03. The van der Waals surface area contributed by atoms with Crippen LogP contribution in [0.1, 0.15) is 20.8 Å². The summed E-state index contributed by atoms with van der Waals surface area (Å²) in [6, 6.07) is 0. The Balaban J connectivity index is 0. The summed E-state index contributed by atoms with van der Waals surface area (Å²) in [6.07, 6.45) is 0. The van der Waals surface area contributed by atoms with E-state index in [1.165, 1.54) is 13.8 Å². The first-order chi connectivity index (χ1) is 5.13. The van der Waals surface area contributed by atoms with Crippen LogP contribution in [0.25, 0.3) is 0 Å². The molecular weight excluding hydrogens is 148 g/mol. The van der Waals surface area contributed by atoms with Crippen molar-refractivity contribution in [3.63, 3.8) is 0 Å². The Morgan fingerprint density at radius 1 is 1.09 bits per heavy atom. The molecule has 0 aromatic heterocycles. The maximum absolute atomic E-state index is 8.03. The van der Waals surface area contributed by atoms with Gasteiger partial charge in [0.15, 0.2) is 0 Å². The molecule has 0 radical (unpaired) electrons. The highest BCUT2D eigenvalue weighted by Gasteiger charge is 1.93. The van der Waals surface area contributed by atoms with E-state index >= 15 is 0 Å². The summed E-state index contributed by atoms with van der Waals surface area (Å²) in [5.74, 6) is 0. The molecule has 0 aliphatic carbocycles. The molecule has 5 nitrogen and oxygen atoms in total. The molecule has 0 amide bonds. The van der Waals surface area contributed by atoms with Crippen LogP contribution < -0.4 is 0 Å². The molecular formula is C6H14N2O3. The van der Waals surface area contributed by atoms with Crippen LogP contribution in [0.2, 0.25) is 0 Å². The molecule has 66 valence electrons. The van der Waals surface area contributed by atoms with Crippen LogP contribution in [-0.4, -0.2) is 33.6 Å². The molecule has 5 heteroatoms. The van der Waals surface area contributed by atoms with Crippen molar-refractivity contribution in [1.82, 2.24) is 0 Å². The van der Waals surface area contributed by atoms with Gasteiger partial charge in [0.25, 0.3) is 0 Å². The molecule has 0 rings (SSSR count). The lowest BCUT2D eigenvalue weighted by atomic mass is 10.3. The Labute approximate surface area is 65.7 Å². The Hall–Kier alpha value is -1.10. The molecule has 0 unspecified atom stereocenters. The van der Waals surface area contributed by atoms with Gasteiger partial charge in [0.05, 0.1) is 0 Å². The van der Waals surface area contributed by atoms with E-state index in [1.807, 2.05) is 0 Å². The second kappa shape index (κ2) is 8.90. The molecule has 0 aliphatic rings. The third-order valence-corrected chi connectivity index (χ3v) is 0.824. The van der Waals surface area contributed by atoms with Gasteiger partial charge in [-0.25, -0.2) is 0 Å². The van der Waals surface area contributed by atoms with E-state index in [2.05, 4.69) is 10.3 Å². The summed E-state index contributed by atoms with van der Waals surface area (Å²) >= 11 is 0. The third kappa shape index (κ3) is 8.90. The fraction of sp³-hybridized carbons (Fsp3) is 0.667. The molecule has 0 heterocycles. The lowest BCUT2D eigenvalue weighted by Gasteiger charge is -1.88. The van der Waals surface area contributed by atoms with Crippen molar-refractivity contribution in [3.8, 4) is 0 Å². The Morgan fingerprint density at radius 2 is 1.27 bits per heavy atom. The highest BCUT2D eigenvalue weighted by Crippen LogP contribution is 1.79. The van der Waals surface area contributed by atoms with Gasteiger partial charge in [-0.2, -0.15) is 0 Å². The Morgan fingerprint density at radius 3 is 1.36 bits per heavy atom. The third-order valence-electron chi connectivity index (χ3n) is 0.824. The standard InChI is InChI=1S/C4H8N2O2.C2H6O/c1-3(5-7)4(2)6-8;1-2-3/h7-8H,1-2H3;3H,2H2,1H3/b5-3+,6-4+;. The highest BCUT2D eigenvalue weighted by atomic mass is 16.4. The van der Waals surface area contributed by atoms with E-state index < -0.39 is 0 Å². The van der Waals surface area contributed by atoms with E-state index in [9.17, 15) is 0 Å². The minimum absolute atomic E-state index is 0.250. The fourth-order valence-electron chi connectivity index (χ4n) is 0.145. The molecule has 0 bridgehead atoms. The van der Waals surface area contributed by atoms with Crippen molar-refractivity contribution in [2.45, 2.75) is 20.8 Å². The first-order valence-corrected chi connectivity index (χ1v) is 3.12. The van der Waals surface area contributed by atoms with Gasteiger partial charge in [-0.15, -0.1) is 0 Å². The quantitative estimate of drug-likeness (QED) is 0.301. The van der Waals surface area contributed by atoms with Crippen LogP contribution in [0.15, 0.2) is 10.3 Å². The van der Waals surface area contributed by atoms with Crippen LogP contribution in [-0.2, 0) is 0 Å². The van der Waals surface area contributed by atoms with Crippen molar-refractivity contribution in [3.05, 3.63) is 0 Å². The number of aliphatic hydroxyl groups is 1. The number of rotatable bonds is 1. The van der Waals surface area contributed by atoms with Crippen LogP contribution in [0.3, 0.4) is 0 Å². The predicted molar refractivity (Wildman–Crippen MR) is 42.6 cm³/mol. The van der Waals surface area contributed by atoms with E-state index in [1.54, 1.807) is 6.92 Å².